The molecule has 1 fully saturated rings. The Balaban J connectivity index is 2.50. The summed E-state index contributed by atoms with van der Waals surface area (Å²) in [6.45, 7) is 5.31. The highest BCUT2D eigenvalue weighted by Crippen LogP contribution is 2.30. The molecule has 1 amide bonds. The van der Waals surface area contributed by atoms with Crippen molar-refractivity contribution in [3.8, 4) is 0 Å². The lowest BCUT2D eigenvalue weighted by Gasteiger charge is -2.21. The molecule has 2 rings (SSSR count). The number of carboxylic acid groups (broad SMARTS) is 1. The molecule has 0 bridgehead atoms. The second-order valence-electron chi connectivity index (χ2n) is 4.53. The van der Waals surface area contributed by atoms with Crippen molar-refractivity contribution in [2.24, 2.45) is 0 Å². The van der Waals surface area contributed by atoms with Crippen LogP contribution in [0.1, 0.15) is 18.1 Å². The van der Waals surface area contributed by atoms with E-state index in [4.69, 9.17) is 4.74 Å². The van der Waals surface area contributed by atoms with E-state index < -0.39 is 24.2 Å². The van der Waals surface area contributed by atoms with Crippen molar-refractivity contribution in [2.45, 2.75) is 32.9 Å². The van der Waals surface area contributed by atoms with Crippen molar-refractivity contribution in [3.63, 3.8) is 0 Å². The SMILES string of the molecule is Cc1ccc(C)c(N2C(=O)OC(C)C2C(=O)O)c1. The molecular formula is C13H15NO4. The molecule has 1 aliphatic heterocycles. The van der Waals surface area contributed by atoms with Gasteiger partial charge in [-0.25, -0.2) is 9.59 Å². The predicted octanol–water partition coefficient (Wildman–Crippen LogP) is 2.10. The summed E-state index contributed by atoms with van der Waals surface area (Å²) in [4.78, 5) is 24.3. The molecule has 1 aliphatic rings. The lowest BCUT2D eigenvalue weighted by atomic mass is 10.1. The summed E-state index contributed by atoms with van der Waals surface area (Å²) in [5.41, 5.74) is 2.40. The number of ether oxygens (including phenoxy) is 1. The highest BCUT2D eigenvalue weighted by Gasteiger charge is 2.45. The highest BCUT2D eigenvalue weighted by molar-refractivity contribution is 5.99. The molecule has 1 saturated heterocycles. The molecule has 1 aromatic carbocycles. The van der Waals surface area contributed by atoms with Crippen molar-refractivity contribution in [1.29, 1.82) is 0 Å². The van der Waals surface area contributed by atoms with Crippen LogP contribution in [0.2, 0.25) is 0 Å². The van der Waals surface area contributed by atoms with Crippen molar-refractivity contribution < 1.29 is 19.4 Å². The molecule has 0 saturated carbocycles. The van der Waals surface area contributed by atoms with Gasteiger partial charge in [0.25, 0.3) is 0 Å². The Hall–Kier alpha value is -2.04. The number of aryl methyl sites for hydroxylation is 2. The smallest absolute Gasteiger partial charge is 0.415 e. The van der Waals surface area contributed by atoms with Crippen LogP contribution < -0.4 is 4.90 Å². The fourth-order valence-corrected chi connectivity index (χ4v) is 2.14. The second kappa shape index (κ2) is 4.33. The minimum absolute atomic E-state index is 0.594. The van der Waals surface area contributed by atoms with Gasteiger partial charge in [-0.2, -0.15) is 0 Å². The molecule has 1 heterocycles. The first-order valence-electron chi connectivity index (χ1n) is 5.71. The molecule has 5 heteroatoms. The monoisotopic (exact) mass is 249 g/mol. The number of hydrogen-bond acceptors (Lipinski definition) is 3. The molecule has 0 aliphatic carbocycles. The third kappa shape index (κ3) is 1.92. The van der Waals surface area contributed by atoms with Gasteiger partial charge in [-0.15, -0.1) is 0 Å². The zero-order valence-electron chi connectivity index (χ0n) is 10.5. The molecule has 2 unspecified atom stereocenters. The number of carboxylic acids is 1. The number of carbonyl (C=O) groups is 2. The summed E-state index contributed by atoms with van der Waals surface area (Å²) in [5.74, 6) is -1.06. The fraction of sp³-hybridized carbons (Fsp3) is 0.385. The van der Waals surface area contributed by atoms with Gasteiger partial charge < -0.3 is 9.84 Å². The molecule has 1 N–H and O–H groups in total. The summed E-state index contributed by atoms with van der Waals surface area (Å²) in [5, 5.41) is 9.22. The van der Waals surface area contributed by atoms with Crippen LogP contribution in [0.5, 0.6) is 0 Å². The van der Waals surface area contributed by atoms with Gasteiger partial charge in [-0.1, -0.05) is 12.1 Å². The van der Waals surface area contributed by atoms with E-state index in [1.807, 2.05) is 26.0 Å². The molecule has 96 valence electrons. The zero-order valence-corrected chi connectivity index (χ0v) is 10.5. The predicted molar refractivity (Wildman–Crippen MR) is 65.8 cm³/mol. The number of benzene rings is 1. The maximum Gasteiger partial charge on any atom is 0.415 e. The summed E-state index contributed by atoms with van der Waals surface area (Å²) in [6, 6.07) is 4.60. The molecule has 18 heavy (non-hydrogen) atoms. The third-order valence-corrected chi connectivity index (χ3v) is 3.08. The van der Waals surface area contributed by atoms with E-state index in [0.29, 0.717) is 5.69 Å². The Morgan fingerprint density at radius 2 is 2.06 bits per heavy atom. The van der Waals surface area contributed by atoms with E-state index in [1.54, 1.807) is 13.0 Å². The number of anilines is 1. The number of aliphatic carboxylic acids is 1. The van der Waals surface area contributed by atoms with Crippen LogP contribution >= 0.6 is 0 Å². The zero-order chi connectivity index (χ0) is 13.4. The third-order valence-electron chi connectivity index (χ3n) is 3.08. The molecule has 0 spiro atoms. The van der Waals surface area contributed by atoms with Crippen molar-refractivity contribution in [3.05, 3.63) is 29.3 Å². The van der Waals surface area contributed by atoms with E-state index in [-0.39, 0.29) is 0 Å². The van der Waals surface area contributed by atoms with Crippen LogP contribution in [0.25, 0.3) is 0 Å². The van der Waals surface area contributed by atoms with Crippen LogP contribution in [-0.2, 0) is 9.53 Å². The standard InChI is InChI=1S/C13H15NO4/c1-7-4-5-8(2)10(6-7)14-11(12(15)16)9(3)18-13(14)17/h4-6,9,11H,1-3H3,(H,15,16). The maximum atomic E-state index is 11.8. The Kier molecular flexibility index (Phi) is 2.98. The van der Waals surface area contributed by atoms with Crippen LogP contribution in [0.4, 0.5) is 10.5 Å². The Morgan fingerprint density at radius 1 is 1.39 bits per heavy atom. The fourth-order valence-electron chi connectivity index (χ4n) is 2.14. The quantitative estimate of drug-likeness (QED) is 0.871. The molecule has 0 radical (unpaired) electrons. The molecule has 5 nitrogen and oxygen atoms in total. The number of cyclic esters (lactones) is 1. The first kappa shape index (κ1) is 12.4. The van der Waals surface area contributed by atoms with Crippen molar-refractivity contribution in [1.82, 2.24) is 0 Å². The largest absolute Gasteiger partial charge is 0.480 e. The van der Waals surface area contributed by atoms with E-state index in [9.17, 15) is 14.7 Å². The van der Waals surface area contributed by atoms with Gasteiger partial charge in [0.1, 0.15) is 6.10 Å². The first-order chi connectivity index (χ1) is 8.41. The summed E-state index contributed by atoms with van der Waals surface area (Å²) >= 11 is 0. The minimum atomic E-state index is -1.06. The second-order valence-corrected chi connectivity index (χ2v) is 4.53. The summed E-state index contributed by atoms with van der Waals surface area (Å²) in [6.07, 6.45) is -1.27. The Bertz CT molecular complexity index is 512. The average Bonchev–Trinajstić information content (AvgIpc) is 2.57. The molecule has 1 aromatic rings. The van der Waals surface area contributed by atoms with E-state index in [1.165, 1.54) is 4.90 Å². The number of amides is 1. The lowest BCUT2D eigenvalue weighted by Crippen LogP contribution is -2.42. The van der Waals surface area contributed by atoms with Gasteiger partial charge in [0.05, 0.1) is 5.69 Å². The molecule has 2 atom stereocenters. The van der Waals surface area contributed by atoms with Crippen LogP contribution in [0.15, 0.2) is 18.2 Å². The van der Waals surface area contributed by atoms with Crippen LogP contribution in [0, 0.1) is 13.8 Å². The van der Waals surface area contributed by atoms with Gasteiger partial charge in [0.2, 0.25) is 0 Å². The Labute approximate surface area is 105 Å². The number of nitrogens with zero attached hydrogens (tertiary/aromatic N) is 1. The van der Waals surface area contributed by atoms with Gasteiger partial charge in [0.15, 0.2) is 6.04 Å². The van der Waals surface area contributed by atoms with Gasteiger partial charge in [-0.3, -0.25) is 4.90 Å². The van der Waals surface area contributed by atoms with Gasteiger partial charge in [-0.05, 0) is 38.0 Å². The van der Waals surface area contributed by atoms with Crippen LogP contribution in [-0.4, -0.2) is 29.3 Å². The maximum absolute atomic E-state index is 11.8. The minimum Gasteiger partial charge on any atom is -0.480 e. The normalized spacial score (nSPS) is 23.1. The number of rotatable bonds is 2. The highest BCUT2D eigenvalue weighted by atomic mass is 16.6. The molecule has 0 aromatic heterocycles. The Morgan fingerprint density at radius 3 is 2.67 bits per heavy atom. The van der Waals surface area contributed by atoms with E-state index >= 15 is 0 Å². The van der Waals surface area contributed by atoms with Crippen LogP contribution in [0.3, 0.4) is 0 Å². The van der Waals surface area contributed by atoms with Crippen molar-refractivity contribution >= 4 is 17.7 Å². The van der Waals surface area contributed by atoms with E-state index in [2.05, 4.69) is 0 Å². The summed E-state index contributed by atoms with van der Waals surface area (Å²) in [7, 11) is 0. The number of carbonyl (C=O) groups excluding carboxylic acids is 1. The van der Waals surface area contributed by atoms with Gasteiger partial charge in [0, 0.05) is 0 Å². The molecular weight excluding hydrogens is 234 g/mol. The first-order valence-corrected chi connectivity index (χ1v) is 5.71. The average molecular weight is 249 g/mol. The topological polar surface area (TPSA) is 66.8 Å². The summed E-state index contributed by atoms with van der Waals surface area (Å²) < 4.78 is 5.00. The number of hydrogen-bond donors (Lipinski definition) is 1. The van der Waals surface area contributed by atoms with Crippen molar-refractivity contribution in [2.75, 3.05) is 4.90 Å². The van der Waals surface area contributed by atoms with E-state index in [0.717, 1.165) is 11.1 Å². The van der Waals surface area contributed by atoms with Gasteiger partial charge >= 0.3 is 12.1 Å². The lowest BCUT2D eigenvalue weighted by molar-refractivity contribution is -0.139.